The highest BCUT2D eigenvalue weighted by molar-refractivity contribution is 5.26. The molecule has 1 aromatic rings. The monoisotopic (exact) mass is 220 g/mol. The van der Waals surface area contributed by atoms with Crippen molar-refractivity contribution in [3.05, 3.63) is 29.8 Å². The molecular weight excluding hydrogens is 200 g/mol. The van der Waals surface area contributed by atoms with E-state index in [2.05, 4.69) is 26.0 Å². The molecule has 1 aliphatic rings. The zero-order valence-electron chi connectivity index (χ0n) is 10.1. The van der Waals surface area contributed by atoms with Gasteiger partial charge in [0.25, 0.3) is 0 Å². The minimum absolute atomic E-state index is 0.427. The van der Waals surface area contributed by atoms with Crippen molar-refractivity contribution in [3.63, 3.8) is 0 Å². The van der Waals surface area contributed by atoms with Crippen molar-refractivity contribution in [2.45, 2.75) is 32.8 Å². The molecule has 0 aliphatic carbocycles. The largest absolute Gasteiger partial charge is 0.493 e. The molecule has 1 aliphatic heterocycles. The Bertz CT molecular complexity index is 310. The third-order valence-electron chi connectivity index (χ3n) is 3.10. The fourth-order valence-corrected chi connectivity index (χ4v) is 1.92. The van der Waals surface area contributed by atoms with Crippen LogP contribution in [-0.2, 0) is 4.74 Å². The predicted octanol–water partition coefficient (Wildman–Crippen LogP) is 3.19. The van der Waals surface area contributed by atoms with E-state index in [1.165, 1.54) is 12.0 Å². The molecule has 2 atom stereocenters. The van der Waals surface area contributed by atoms with E-state index in [0.717, 1.165) is 25.4 Å². The predicted molar refractivity (Wildman–Crippen MR) is 64.8 cm³/mol. The first-order valence-electron chi connectivity index (χ1n) is 6.05. The van der Waals surface area contributed by atoms with Crippen molar-refractivity contribution in [1.82, 2.24) is 0 Å². The summed E-state index contributed by atoms with van der Waals surface area (Å²) in [5, 5.41) is 0. The summed E-state index contributed by atoms with van der Waals surface area (Å²) in [5.41, 5.74) is 1.27. The standard InChI is InChI=1S/C14H20O2/c1-11-3-7-14(8-4-11)16-10-13-6-5-12(2)15-9-13/h3-4,7-8,12-13H,5-6,9-10H2,1-2H3. The summed E-state index contributed by atoms with van der Waals surface area (Å²) in [5.74, 6) is 1.52. The van der Waals surface area contributed by atoms with E-state index < -0.39 is 0 Å². The molecule has 16 heavy (non-hydrogen) atoms. The van der Waals surface area contributed by atoms with Gasteiger partial charge in [-0.2, -0.15) is 0 Å². The van der Waals surface area contributed by atoms with Crippen molar-refractivity contribution < 1.29 is 9.47 Å². The third kappa shape index (κ3) is 3.24. The second-order valence-corrected chi connectivity index (χ2v) is 4.71. The summed E-state index contributed by atoms with van der Waals surface area (Å²) < 4.78 is 11.4. The van der Waals surface area contributed by atoms with Crippen LogP contribution in [0.15, 0.2) is 24.3 Å². The van der Waals surface area contributed by atoms with E-state index >= 15 is 0 Å². The maximum Gasteiger partial charge on any atom is 0.119 e. The quantitative estimate of drug-likeness (QED) is 0.779. The zero-order chi connectivity index (χ0) is 11.4. The van der Waals surface area contributed by atoms with Crippen LogP contribution in [0.5, 0.6) is 5.75 Å². The molecule has 0 radical (unpaired) electrons. The topological polar surface area (TPSA) is 18.5 Å². The Hall–Kier alpha value is -1.02. The van der Waals surface area contributed by atoms with Crippen LogP contribution in [0, 0.1) is 12.8 Å². The van der Waals surface area contributed by atoms with Gasteiger partial charge >= 0.3 is 0 Å². The molecule has 0 spiro atoms. The lowest BCUT2D eigenvalue weighted by molar-refractivity contribution is -0.0171. The number of rotatable bonds is 3. The Morgan fingerprint density at radius 2 is 2.00 bits per heavy atom. The molecule has 0 aromatic heterocycles. The van der Waals surface area contributed by atoms with Gasteiger partial charge in [-0.05, 0) is 38.8 Å². The van der Waals surface area contributed by atoms with Gasteiger partial charge in [-0.1, -0.05) is 17.7 Å². The molecule has 1 heterocycles. The summed E-state index contributed by atoms with van der Waals surface area (Å²) in [7, 11) is 0. The van der Waals surface area contributed by atoms with Gasteiger partial charge in [-0.3, -0.25) is 0 Å². The van der Waals surface area contributed by atoms with Crippen LogP contribution < -0.4 is 4.74 Å². The SMILES string of the molecule is Cc1ccc(OCC2CCC(C)OC2)cc1. The minimum Gasteiger partial charge on any atom is -0.493 e. The van der Waals surface area contributed by atoms with Crippen molar-refractivity contribution in [2.75, 3.05) is 13.2 Å². The van der Waals surface area contributed by atoms with Gasteiger partial charge in [0.05, 0.1) is 19.3 Å². The van der Waals surface area contributed by atoms with Gasteiger partial charge in [-0.25, -0.2) is 0 Å². The summed E-state index contributed by atoms with van der Waals surface area (Å²) in [6, 6.07) is 8.22. The highest BCUT2D eigenvalue weighted by Gasteiger charge is 2.18. The van der Waals surface area contributed by atoms with Crippen molar-refractivity contribution in [2.24, 2.45) is 5.92 Å². The first-order chi connectivity index (χ1) is 7.74. The number of hydrogen-bond acceptors (Lipinski definition) is 2. The maximum atomic E-state index is 5.76. The smallest absolute Gasteiger partial charge is 0.119 e. The van der Waals surface area contributed by atoms with E-state index in [1.54, 1.807) is 0 Å². The molecular formula is C14H20O2. The number of ether oxygens (including phenoxy) is 2. The van der Waals surface area contributed by atoms with Gasteiger partial charge < -0.3 is 9.47 Å². The third-order valence-corrected chi connectivity index (χ3v) is 3.10. The van der Waals surface area contributed by atoms with Gasteiger partial charge in [0.2, 0.25) is 0 Å². The molecule has 0 bridgehead atoms. The molecule has 1 aromatic carbocycles. The maximum absolute atomic E-state index is 5.76. The van der Waals surface area contributed by atoms with Crippen molar-refractivity contribution in [1.29, 1.82) is 0 Å². The summed E-state index contributed by atoms with van der Waals surface area (Å²) in [6.45, 7) is 5.83. The second kappa shape index (κ2) is 5.35. The molecule has 0 saturated carbocycles. The molecule has 1 fully saturated rings. The first-order valence-corrected chi connectivity index (χ1v) is 6.05. The van der Waals surface area contributed by atoms with E-state index in [0.29, 0.717) is 12.0 Å². The van der Waals surface area contributed by atoms with Crippen LogP contribution in [0.4, 0.5) is 0 Å². The minimum atomic E-state index is 0.427. The molecule has 88 valence electrons. The molecule has 0 N–H and O–H groups in total. The van der Waals surface area contributed by atoms with E-state index in [-0.39, 0.29) is 0 Å². The first kappa shape index (κ1) is 11.5. The normalized spacial score (nSPS) is 25.4. The number of benzene rings is 1. The Labute approximate surface area is 97.6 Å². The number of aryl methyl sites for hydroxylation is 1. The molecule has 2 heteroatoms. The van der Waals surface area contributed by atoms with Crippen LogP contribution in [0.25, 0.3) is 0 Å². The van der Waals surface area contributed by atoms with Gasteiger partial charge in [0.15, 0.2) is 0 Å². The average Bonchev–Trinajstić information content (AvgIpc) is 2.30. The molecule has 2 nitrogen and oxygen atoms in total. The Kier molecular flexibility index (Phi) is 3.83. The lowest BCUT2D eigenvalue weighted by Gasteiger charge is -2.26. The van der Waals surface area contributed by atoms with Crippen LogP contribution in [0.1, 0.15) is 25.3 Å². The van der Waals surface area contributed by atoms with Crippen LogP contribution in [0.2, 0.25) is 0 Å². The van der Waals surface area contributed by atoms with Gasteiger partial charge in [-0.15, -0.1) is 0 Å². The fourth-order valence-electron chi connectivity index (χ4n) is 1.92. The van der Waals surface area contributed by atoms with Crippen LogP contribution in [-0.4, -0.2) is 19.3 Å². The van der Waals surface area contributed by atoms with Crippen LogP contribution >= 0.6 is 0 Å². The van der Waals surface area contributed by atoms with E-state index in [4.69, 9.17) is 9.47 Å². The fraction of sp³-hybridized carbons (Fsp3) is 0.571. The van der Waals surface area contributed by atoms with Crippen molar-refractivity contribution >= 4 is 0 Å². The van der Waals surface area contributed by atoms with Gasteiger partial charge in [0, 0.05) is 5.92 Å². The van der Waals surface area contributed by atoms with Crippen molar-refractivity contribution in [3.8, 4) is 5.75 Å². The molecule has 1 saturated heterocycles. The second-order valence-electron chi connectivity index (χ2n) is 4.71. The lowest BCUT2D eigenvalue weighted by Crippen LogP contribution is -2.27. The van der Waals surface area contributed by atoms with E-state index in [9.17, 15) is 0 Å². The molecule has 2 rings (SSSR count). The highest BCUT2D eigenvalue weighted by atomic mass is 16.5. The lowest BCUT2D eigenvalue weighted by atomic mass is 10.00. The van der Waals surface area contributed by atoms with Crippen LogP contribution in [0.3, 0.4) is 0 Å². The van der Waals surface area contributed by atoms with Gasteiger partial charge in [0.1, 0.15) is 5.75 Å². The highest BCUT2D eigenvalue weighted by Crippen LogP contribution is 2.20. The average molecular weight is 220 g/mol. The molecule has 2 unspecified atom stereocenters. The zero-order valence-corrected chi connectivity index (χ0v) is 10.1. The Morgan fingerprint density at radius 3 is 2.62 bits per heavy atom. The summed E-state index contributed by atoms with van der Waals surface area (Å²) >= 11 is 0. The molecule has 0 amide bonds. The Balaban J connectivity index is 1.77. The summed E-state index contributed by atoms with van der Waals surface area (Å²) in [4.78, 5) is 0. The Morgan fingerprint density at radius 1 is 1.25 bits per heavy atom. The number of hydrogen-bond donors (Lipinski definition) is 0. The van der Waals surface area contributed by atoms with E-state index in [1.807, 2.05) is 12.1 Å². The summed E-state index contributed by atoms with van der Waals surface area (Å²) in [6.07, 6.45) is 2.80.